The number of aryl methyl sites for hydroxylation is 1. The molecule has 180 valence electrons. The van der Waals surface area contributed by atoms with E-state index in [9.17, 15) is 4.79 Å². The third kappa shape index (κ3) is 4.12. The molecule has 2 aromatic carbocycles. The van der Waals surface area contributed by atoms with E-state index in [2.05, 4.69) is 21.9 Å². The van der Waals surface area contributed by atoms with Gasteiger partial charge in [0.15, 0.2) is 12.1 Å². The van der Waals surface area contributed by atoms with Gasteiger partial charge in [0.1, 0.15) is 5.82 Å². The Hall–Kier alpha value is -3.52. The number of nitrogens with zero attached hydrogens (tertiary/aromatic N) is 5. The highest BCUT2D eigenvalue weighted by Crippen LogP contribution is 2.45. The van der Waals surface area contributed by atoms with Crippen molar-refractivity contribution in [3.63, 3.8) is 0 Å². The fourth-order valence-corrected chi connectivity index (χ4v) is 5.08. The molecule has 0 spiro atoms. The van der Waals surface area contributed by atoms with Crippen molar-refractivity contribution >= 4 is 16.9 Å². The number of aromatic nitrogens is 5. The van der Waals surface area contributed by atoms with E-state index in [1.54, 1.807) is 12.1 Å². The van der Waals surface area contributed by atoms with Crippen LogP contribution in [0.1, 0.15) is 71.6 Å². The average Bonchev–Trinajstić information content (AvgIpc) is 3.54. The van der Waals surface area contributed by atoms with Gasteiger partial charge in [-0.1, -0.05) is 18.2 Å². The van der Waals surface area contributed by atoms with E-state index in [4.69, 9.17) is 19.6 Å². The second kappa shape index (κ2) is 8.92. The van der Waals surface area contributed by atoms with Crippen LogP contribution in [0.4, 0.5) is 0 Å². The molecule has 1 saturated heterocycles. The Kier molecular flexibility index (Phi) is 5.60. The molecule has 1 atom stereocenters. The zero-order valence-corrected chi connectivity index (χ0v) is 20.1. The summed E-state index contributed by atoms with van der Waals surface area (Å²) in [5, 5.41) is 10.6. The fraction of sp³-hybridized carbons (Fsp3) is 0.407. The summed E-state index contributed by atoms with van der Waals surface area (Å²) in [6.45, 7) is 0.805. The van der Waals surface area contributed by atoms with Crippen molar-refractivity contribution in [1.29, 1.82) is 0 Å². The lowest BCUT2D eigenvalue weighted by Gasteiger charge is -2.23. The van der Waals surface area contributed by atoms with Gasteiger partial charge in [-0.25, -0.2) is 14.5 Å². The molecule has 1 aliphatic heterocycles. The van der Waals surface area contributed by atoms with Crippen molar-refractivity contribution in [3.05, 3.63) is 65.1 Å². The lowest BCUT2D eigenvalue weighted by molar-refractivity contribution is -0.0366. The van der Waals surface area contributed by atoms with Gasteiger partial charge >= 0.3 is 5.97 Å². The van der Waals surface area contributed by atoms with Crippen LogP contribution in [0.3, 0.4) is 0 Å². The van der Waals surface area contributed by atoms with E-state index < -0.39 is 0 Å². The molecule has 1 saturated carbocycles. The average molecular weight is 472 g/mol. The lowest BCUT2D eigenvalue weighted by atomic mass is 9.96. The molecule has 35 heavy (non-hydrogen) atoms. The van der Waals surface area contributed by atoms with Crippen molar-refractivity contribution in [2.45, 2.75) is 50.7 Å². The molecule has 2 aromatic heterocycles. The summed E-state index contributed by atoms with van der Waals surface area (Å²) in [6.07, 6.45) is 8.51. The Morgan fingerprint density at radius 1 is 1.11 bits per heavy atom. The first-order valence-electron chi connectivity index (χ1n) is 12.3. The summed E-state index contributed by atoms with van der Waals surface area (Å²) < 4.78 is 14.7. The second-order valence-electron chi connectivity index (χ2n) is 9.48. The van der Waals surface area contributed by atoms with Crippen LogP contribution in [-0.2, 0) is 22.9 Å². The molecule has 2 aliphatic rings. The van der Waals surface area contributed by atoms with Crippen molar-refractivity contribution in [1.82, 2.24) is 24.5 Å². The Morgan fingerprint density at radius 3 is 2.66 bits per heavy atom. The molecule has 6 rings (SSSR count). The highest BCUT2D eigenvalue weighted by atomic mass is 16.5. The third-order valence-corrected chi connectivity index (χ3v) is 7.09. The normalized spacial score (nSPS) is 18.2. The number of benzene rings is 2. The number of hydrogen-bond acceptors (Lipinski definition) is 6. The molecule has 0 bridgehead atoms. The van der Waals surface area contributed by atoms with E-state index in [-0.39, 0.29) is 12.2 Å². The summed E-state index contributed by atoms with van der Waals surface area (Å²) in [6, 6.07) is 11.6. The second-order valence-corrected chi connectivity index (χ2v) is 9.48. The van der Waals surface area contributed by atoms with Gasteiger partial charge in [-0.2, -0.15) is 10.2 Å². The molecule has 0 amide bonds. The summed E-state index contributed by atoms with van der Waals surface area (Å²) in [7, 11) is 3.31. The molecule has 3 heterocycles. The zero-order chi connectivity index (χ0) is 23.9. The van der Waals surface area contributed by atoms with E-state index in [0.717, 1.165) is 36.4 Å². The number of ether oxygens (including phenoxy) is 2. The standard InChI is InChI=1S/C27H29N5O3/c1-31-23(29-26(30-31)18-8-10-19(11-9-18)27(33)34-2)15-20-12-13-22-21(25(20)17-6-7-17)16-28-32(22)24-5-3-4-14-35-24/h8-13,16-17,24H,3-7,14-15H2,1-2H3. The minimum absolute atomic E-state index is 0.0334. The molecule has 0 N–H and O–H groups in total. The number of methoxy groups -OCH3 is 1. The van der Waals surface area contributed by atoms with Gasteiger partial charge in [0.2, 0.25) is 0 Å². The van der Waals surface area contributed by atoms with Crippen LogP contribution in [0.15, 0.2) is 42.6 Å². The number of rotatable bonds is 6. The van der Waals surface area contributed by atoms with Crippen molar-refractivity contribution in [2.75, 3.05) is 13.7 Å². The van der Waals surface area contributed by atoms with E-state index in [1.807, 2.05) is 30.1 Å². The van der Waals surface area contributed by atoms with Gasteiger partial charge in [0, 0.05) is 31.0 Å². The fourth-order valence-electron chi connectivity index (χ4n) is 5.08. The molecule has 1 aliphatic carbocycles. The summed E-state index contributed by atoms with van der Waals surface area (Å²) in [5.74, 6) is 1.78. The highest BCUT2D eigenvalue weighted by Gasteiger charge is 2.30. The quantitative estimate of drug-likeness (QED) is 0.376. The molecule has 4 aromatic rings. The Balaban J connectivity index is 1.31. The SMILES string of the molecule is COC(=O)c1ccc(-c2nc(Cc3ccc4c(cnn4C4CCCCO4)c3C3CC3)n(C)n2)cc1. The van der Waals surface area contributed by atoms with Crippen LogP contribution in [0, 0.1) is 0 Å². The monoisotopic (exact) mass is 471 g/mol. The predicted octanol–water partition coefficient (Wildman–Crippen LogP) is 4.79. The van der Waals surface area contributed by atoms with Crippen LogP contribution in [0.5, 0.6) is 0 Å². The van der Waals surface area contributed by atoms with Gasteiger partial charge in [-0.15, -0.1) is 0 Å². The third-order valence-electron chi connectivity index (χ3n) is 7.09. The van der Waals surface area contributed by atoms with Crippen LogP contribution >= 0.6 is 0 Å². The van der Waals surface area contributed by atoms with Crippen LogP contribution in [-0.4, -0.2) is 44.2 Å². The van der Waals surface area contributed by atoms with Crippen molar-refractivity contribution in [3.8, 4) is 11.4 Å². The van der Waals surface area contributed by atoms with Crippen molar-refractivity contribution < 1.29 is 14.3 Å². The molecule has 0 radical (unpaired) electrons. The Bertz CT molecular complexity index is 1380. The zero-order valence-electron chi connectivity index (χ0n) is 20.1. The van der Waals surface area contributed by atoms with Gasteiger partial charge in [-0.3, -0.25) is 4.68 Å². The highest BCUT2D eigenvalue weighted by molar-refractivity contribution is 5.89. The first-order chi connectivity index (χ1) is 17.1. The minimum Gasteiger partial charge on any atom is -0.465 e. The number of hydrogen-bond donors (Lipinski definition) is 0. The summed E-state index contributed by atoms with van der Waals surface area (Å²) in [5.41, 5.74) is 5.22. The van der Waals surface area contributed by atoms with Gasteiger partial charge in [0.05, 0.1) is 24.4 Å². The molecular weight excluding hydrogens is 442 g/mol. The van der Waals surface area contributed by atoms with E-state index >= 15 is 0 Å². The van der Waals surface area contributed by atoms with Crippen LogP contribution in [0.25, 0.3) is 22.3 Å². The maximum atomic E-state index is 11.7. The van der Waals surface area contributed by atoms with Crippen LogP contribution in [0.2, 0.25) is 0 Å². The van der Waals surface area contributed by atoms with Gasteiger partial charge in [0.25, 0.3) is 0 Å². The minimum atomic E-state index is -0.354. The molecule has 2 fully saturated rings. The van der Waals surface area contributed by atoms with Gasteiger partial charge in [-0.05, 0) is 67.3 Å². The number of esters is 1. The Labute approximate surface area is 203 Å². The topological polar surface area (TPSA) is 84.1 Å². The molecule has 8 heteroatoms. The maximum absolute atomic E-state index is 11.7. The first kappa shape index (κ1) is 22.0. The van der Waals surface area contributed by atoms with Crippen molar-refractivity contribution in [2.24, 2.45) is 7.05 Å². The maximum Gasteiger partial charge on any atom is 0.337 e. The number of fused-ring (bicyclic) bond motifs is 1. The van der Waals surface area contributed by atoms with Gasteiger partial charge < -0.3 is 9.47 Å². The van der Waals surface area contributed by atoms with Crippen LogP contribution < -0.4 is 0 Å². The predicted molar refractivity (Wildman–Crippen MR) is 131 cm³/mol. The largest absolute Gasteiger partial charge is 0.465 e. The molecule has 1 unspecified atom stereocenters. The molecular formula is C27H29N5O3. The van der Waals surface area contributed by atoms with E-state index in [0.29, 0.717) is 23.7 Å². The summed E-state index contributed by atoms with van der Waals surface area (Å²) >= 11 is 0. The van der Waals surface area contributed by atoms with E-state index in [1.165, 1.54) is 42.9 Å². The smallest absolute Gasteiger partial charge is 0.337 e. The number of carbonyl (C=O) groups excluding carboxylic acids is 1. The summed E-state index contributed by atoms with van der Waals surface area (Å²) in [4.78, 5) is 16.6. The molecule has 8 nitrogen and oxygen atoms in total. The lowest BCUT2D eigenvalue weighted by Crippen LogP contribution is -2.19. The first-order valence-corrected chi connectivity index (χ1v) is 12.3. The number of carbonyl (C=O) groups is 1. The Morgan fingerprint density at radius 2 is 1.94 bits per heavy atom.